The topological polar surface area (TPSA) is 46.5 Å². The van der Waals surface area contributed by atoms with Crippen molar-refractivity contribution in [1.29, 1.82) is 0 Å². The summed E-state index contributed by atoms with van der Waals surface area (Å²) in [4.78, 5) is 10.3. The molecule has 1 aromatic rings. The summed E-state index contributed by atoms with van der Waals surface area (Å²) in [5.74, 6) is -1.76. The van der Waals surface area contributed by atoms with Gasteiger partial charge in [0.1, 0.15) is 11.6 Å². The van der Waals surface area contributed by atoms with Gasteiger partial charge < -0.3 is 9.84 Å². The molecule has 104 valence electrons. The van der Waals surface area contributed by atoms with Gasteiger partial charge in [-0.25, -0.2) is 8.78 Å². The minimum atomic E-state index is -0.904. The van der Waals surface area contributed by atoms with Crippen LogP contribution in [0, 0.1) is 11.6 Å². The normalized spacial score (nSPS) is 25.9. The summed E-state index contributed by atoms with van der Waals surface area (Å²) >= 11 is 0. The highest BCUT2D eigenvalue weighted by molar-refractivity contribution is 5.66. The Morgan fingerprint density at radius 3 is 2.79 bits per heavy atom. The van der Waals surface area contributed by atoms with Gasteiger partial charge in [-0.1, -0.05) is 6.92 Å². The van der Waals surface area contributed by atoms with E-state index in [0.717, 1.165) is 12.1 Å². The highest BCUT2D eigenvalue weighted by Gasteiger charge is 2.43. The number of carboxylic acid groups (broad SMARTS) is 1. The fraction of sp³-hybridized carbons (Fsp3) is 0.500. The highest BCUT2D eigenvalue weighted by atomic mass is 19.1. The number of halogens is 2. The predicted molar refractivity (Wildman–Crippen MR) is 64.9 cm³/mol. The third-order valence-electron chi connectivity index (χ3n) is 3.60. The van der Waals surface area contributed by atoms with Crippen LogP contribution in [0.15, 0.2) is 18.2 Å². The maximum Gasteiger partial charge on any atom is 0.305 e. The molecule has 1 aliphatic carbocycles. The quantitative estimate of drug-likeness (QED) is 0.895. The molecule has 1 N–H and O–H groups in total. The molecule has 1 saturated carbocycles. The van der Waals surface area contributed by atoms with Crippen molar-refractivity contribution >= 4 is 5.97 Å². The lowest BCUT2D eigenvalue weighted by Crippen LogP contribution is -2.44. The van der Waals surface area contributed by atoms with Crippen LogP contribution in [0.1, 0.15) is 31.7 Å². The molecule has 0 atom stereocenters. The molecular weight excluding hydrogens is 254 g/mol. The van der Waals surface area contributed by atoms with Gasteiger partial charge in [0, 0.05) is 5.41 Å². The summed E-state index contributed by atoms with van der Waals surface area (Å²) in [7, 11) is 0. The van der Waals surface area contributed by atoms with Crippen LogP contribution < -0.4 is 0 Å². The molecule has 1 aliphatic rings. The summed E-state index contributed by atoms with van der Waals surface area (Å²) in [6.45, 7) is 2.02. The molecule has 2 rings (SSSR count). The fourth-order valence-electron chi connectivity index (χ4n) is 2.56. The maximum atomic E-state index is 13.7. The Balaban J connectivity index is 1.93. The van der Waals surface area contributed by atoms with Gasteiger partial charge in [0.2, 0.25) is 0 Å². The number of benzene rings is 1. The largest absolute Gasteiger partial charge is 0.481 e. The van der Waals surface area contributed by atoms with Crippen molar-refractivity contribution in [3.8, 4) is 0 Å². The van der Waals surface area contributed by atoms with Crippen molar-refractivity contribution in [3.05, 3.63) is 35.4 Å². The first-order valence-electron chi connectivity index (χ1n) is 6.20. The molecule has 0 saturated heterocycles. The van der Waals surface area contributed by atoms with E-state index in [-0.39, 0.29) is 19.1 Å². The zero-order chi connectivity index (χ0) is 14.0. The average molecular weight is 270 g/mol. The number of hydrogen-bond donors (Lipinski definition) is 1. The molecule has 0 spiro atoms. The monoisotopic (exact) mass is 270 g/mol. The first-order chi connectivity index (χ1) is 8.90. The van der Waals surface area contributed by atoms with Gasteiger partial charge in [-0.2, -0.15) is 0 Å². The second-order valence-corrected chi connectivity index (χ2v) is 5.23. The summed E-state index contributed by atoms with van der Waals surface area (Å²) in [6.07, 6.45) is 1.04. The first-order valence-corrected chi connectivity index (χ1v) is 6.20. The highest BCUT2D eigenvalue weighted by Crippen LogP contribution is 2.46. The van der Waals surface area contributed by atoms with Gasteiger partial charge in [0.25, 0.3) is 0 Å². The molecule has 0 bridgehead atoms. The van der Waals surface area contributed by atoms with Crippen molar-refractivity contribution < 1.29 is 23.4 Å². The summed E-state index contributed by atoms with van der Waals surface area (Å²) in [6, 6.07) is 3.46. The SMILES string of the molecule is CC1(c2cc(F)ccc2F)CC(OCCC(=O)O)C1. The molecule has 5 heteroatoms. The molecule has 0 amide bonds. The van der Waals surface area contributed by atoms with E-state index in [1.54, 1.807) is 0 Å². The van der Waals surface area contributed by atoms with E-state index < -0.39 is 23.0 Å². The maximum absolute atomic E-state index is 13.7. The summed E-state index contributed by atoms with van der Waals surface area (Å²) in [5.41, 5.74) is -0.0642. The lowest BCUT2D eigenvalue weighted by atomic mass is 9.64. The lowest BCUT2D eigenvalue weighted by molar-refractivity contribution is -0.139. The fourth-order valence-corrected chi connectivity index (χ4v) is 2.56. The molecule has 0 unspecified atom stereocenters. The first kappa shape index (κ1) is 13.9. The number of carbonyl (C=O) groups is 1. The van der Waals surface area contributed by atoms with Crippen molar-refractivity contribution in [1.82, 2.24) is 0 Å². The van der Waals surface area contributed by atoms with Gasteiger partial charge in [-0.05, 0) is 36.6 Å². The number of hydrogen-bond acceptors (Lipinski definition) is 2. The van der Waals surface area contributed by atoms with Crippen LogP contribution >= 0.6 is 0 Å². The number of ether oxygens (including phenoxy) is 1. The van der Waals surface area contributed by atoms with Gasteiger partial charge in [0.05, 0.1) is 19.1 Å². The number of rotatable bonds is 5. The second-order valence-electron chi connectivity index (χ2n) is 5.23. The zero-order valence-corrected chi connectivity index (χ0v) is 10.7. The third kappa shape index (κ3) is 3.10. The van der Waals surface area contributed by atoms with E-state index in [1.807, 2.05) is 6.92 Å². The van der Waals surface area contributed by atoms with Crippen LogP contribution in [0.3, 0.4) is 0 Å². The zero-order valence-electron chi connectivity index (χ0n) is 10.7. The van der Waals surface area contributed by atoms with Crippen molar-refractivity contribution in [3.63, 3.8) is 0 Å². The third-order valence-corrected chi connectivity index (χ3v) is 3.60. The number of aliphatic carboxylic acids is 1. The molecule has 0 aromatic heterocycles. The minimum Gasteiger partial charge on any atom is -0.481 e. The Morgan fingerprint density at radius 2 is 2.16 bits per heavy atom. The molecule has 0 aliphatic heterocycles. The second kappa shape index (κ2) is 5.25. The Morgan fingerprint density at radius 1 is 1.47 bits per heavy atom. The van der Waals surface area contributed by atoms with Gasteiger partial charge in [-0.3, -0.25) is 4.79 Å². The van der Waals surface area contributed by atoms with Gasteiger partial charge >= 0.3 is 5.97 Å². The Hall–Kier alpha value is -1.49. The molecule has 0 radical (unpaired) electrons. The van der Waals surface area contributed by atoms with Crippen molar-refractivity contribution in [2.75, 3.05) is 6.61 Å². The van der Waals surface area contributed by atoms with Crippen molar-refractivity contribution in [2.24, 2.45) is 0 Å². The molecule has 1 aromatic carbocycles. The minimum absolute atomic E-state index is 0.0401. The van der Waals surface area contributed by atoms with E-state index in [0.29, 0.717) is 18.4 Å². The number of carboxylic acids is 1. The molecule has 19 heavy (non-hydrogen) atoms. The van der Waals surface area contributed by atoms with E-state index in [2.05, 4.69) is 0 Å². The van der Waals surface area contributed by atoms with Gasteiger partial charge in [-0.15, -0.1) is 0 Å². The molecular formula is C14H16F2O3. The van der Waals surface area contributed by atoms with Crippen LogP contribution in [0.25, 0.3) is 0 Å². The van der Waals surface area contributed by atoms with Crippen molar-refractivity contribution in [2.45, 2.75) is 37.7 Å². The Labute approximate surface area is 110 Å². The lowest BCUT2D eigenvalue weighted by Gasteiger charge is -2.45. The van der Waals surface area contributed by atoms with Crippen LogP contribution in [0.2, 0.25) is 0 Å². The van der Waals surface area contributed by atoms with Crippen LogP contribution in [-0.2, 0) is 14.9 Å². The molecule has 3 nitrogen and oxygen atoms in total. The van der Waals surface area contributed by atoms with Gasteiger partial charge in [0.15, 0.2) is 0 Å². The van der Waals surface area contributed by atoms with Crippen LogP contribution in [0.4, 0.5) is 8.78 Å². The summed E-state index contributed by atoms with van der Waals surface area (Å²) in [5, 5.41) is 8.49. The van der Waals surface area contributed by atoms with E-state index in [1.165, 1.54) is 6.07 Å². The Bertz CT molecular complexity index is 482. The van der Waals surface area contributed by atoms with E-state index in [4.69, 9.17) is 9.84 Å². The van der Waals surface area contributed by atoms with E-state index in [9.17, 15) is 13.6 Å². The van der Waals surface area contributed by atoms with Crippen LogP contribution in [-0.4, -0.2) is 23.8 Å². The van der Waals surface area contributed by atoms with E-state index >= 15 is 0 Å². The predicted octanol–water partition coefficient (Wildman–Crippen LogP) is 2.88. The molecule has 1 fully saturated rings. The smallest absolute Gasteiger partial charge is 0.305 e. The van der Waals surface area contributed by atoms with Crippen LogP contribution in [0.5, 0.6) is 0 Å². The summed E-state index contributed by atoms with van der Waals surface area (Å²) < 4.78 is 32.2. The Kier molecular flexibility index (Phi) is 3.85. The average Bonchev–Trinajstić information content (AvgIpc) is 2.29. The standard InChI is InChI=1S/C14H16F2O3/c1-14(11-6-9(15)2-3-12(11)16)7-10(8-14)19-5-4-13(17)18/h2-3,6,10H,4-5,7-8H2,1H3,(H,17,18). The molecule has 0 heterocycles.